The molecule has 4 nitrogen and oxygen atoms in total. The summed E-state index contributed by atoms with van der Waals surface area (Å²) >= 11 is 0. The molecule has 128 valence electrons. The highest BCUT2D eigenvalue weighted by Gasteiger charge is 2.24. The quantitative estimate of drug-likeness (QED) is 0.796. The fourth-order valence-electron chi connectivity index (χ4n) is 3.70. The lowest BCUT2D eigenvalue weighted by Crippen LogP contribution is -2.18. The second-order valence-corrected chi connectivity index (χ2v) is 7.04. The lowest BCUT2D eigenvalue weighted by molar-refractivity contribution is 0.328. The van der Waals surface area contributed by atoms with Crippen LogP contribution < -0.4 is 4.90 Å². The van der Waals surface area contributed by atoms with Crippen molar-refractivity contribution < 1.29 is 0 Å². The molecule has 0 saturated heterocycles. The number of anilines is 1. The van der Waals surface area contributed by atoms with E-state index < -0.39 is 0 Å². The molecule has 2 heterocycles. The topological polar surface area (TPSA) is 33.4 Å². The zero-order valence-corrected chi connectivity index (χ0v) is 15.3. The molecule has 24 heavy (non-hydrogen) atoms. The Kier molecular flexibility index (Phi) is 5.08. The Morgan fingerprint density at radius 3 is 2.62 bits per heavy atom. The van der Waals surface area contributed by atoms with E-state index in [1.165, 1.54) is 36.9 Å². The molecule has 2 aromatic rings. The van der Waals surface area contributed by atoms with Gasteiger partial charge in [-0.15, -0.1) is 11.8 Å². The van der Waals surface area contributed by atoms with Crippen molar-refractivity contribution in [3.8, 4) is 11.8 Å². The summed E-state index contributed by atoms with van der Waals surface area (Å²) in [6.07, 6.45) is 8.96. The van der Waals surface area contributed by atoms with Gasteiger partial charge >= 0.3 is 0 Å². The lowest BCUT2D eigenvalue weighted by atomic mass is 9.79. The average molecular weight is 324 g/mol. The van der Waals surface area contributed by atoms with E-state index in [1.54, 1.807) is 0 Å². The van der Waals surface area contributed by atoms with E-state index in [2.05, 4.69) is 48.9 Å². The highest BCUT2D eigenvalue weighted by molar-refractivity contribution is 5.55. The van der Waals surface area contributed by atoms with Crippen molar-refractivity contribution in [3.05, 3.63) is 23.5 Å². The fourth-order valence-corrected chi connectivity index (χ4v) is 3.70. The van der Waals surface area contributed by atoms with Crippen LogP contribution in [0.4, 0.5) is 5.82 Å². The standard InChI is InChI=1S/C20H28N4/c1-5-7-8-15-9-11-17(12-10-15)18-13-19(23(3)4)24-20(22-18)16(6-2)14-21-24/h13-15,17H,6,8-12H2,1-4H3. The van der Waals surface area contributed by atoms with Crippen molar-refractivity contribution in [2.75, 3.05) is 19.0 Å². The molecule has 4 heteroatoms. The minimum atomic E-state index is 0.569. The summed E-state index contributed by atoms with van der Waals surface area (Å²) in [6.45, 7) is 4.10. The second-order valence-electron chi connectivity index (χ2n) is 7.04. The summed E-state index contributed by atoms with van der Waals surface area (Å²) in [5, 5.41) is 4.54. The summed E-state index contributed by atoms with van der Waals surface area (Å²) < 4.78 is 1.98. The summed E-state index contributed by atoms with van der Waals surface area (Å²) in [6, 6.07) is 2.23. The van der Waals surface area contributed by atoms with Gasteiger partial charge in [0.05, 0.1) is 6.20 Å². The van der Waals surface area contributed by atoms with Gasteiger partial charge < -0.3 is 4.90 Å². The lowest BCUT2D eigenvalue weighted by Gasteiger charge is -2.28. The van der Waals surface area contributed by atoms with Crippen molar-refractivity contribution >= 4 is 11.5 Å². The monoisotopic (exact) mass is 324 g/mol. The maximum Gasteiger partial charge on any atom is 0.160 e. The Labute approximate surface area is 145 Å². The molecule has 0 bridgehead atoms. The number of nitrogens with zero attached hydrogens (tertiary/aromatic N) is 4. The molecule has 1 fully saturated rings. The van der Waals surface area contributed by atoms with Crippen LogP contribution in [0, 0.1) is 17.8 Å². The molecule has 0 aromatic carbocycles. The van der Waals surface area contributed by atoms with Crippen molar-refractivity contribution in [1.82, 2.24) is 14.6 Å². The Morgan fingerprint density at radius 2 is 2.00 bits per heavy atom. The summed E-state index contributed by atoms with van der Waals surface area (Å²) in [5.74, 6) is 8.74. The average Bonchev–Trinajstić information content (AvgIpc) is 3.02. The van der Waals surface area contributed by atoms with Gasteiger partial charge in [-0.2, -0.15) is 9.61 Å². The third kappa shape index (κ3) is 3.26. The van der Waals surface area contributed by atoms with Gasteiger partial charge in [-0.3, -0.25) is 0 Å². The van der Waals surface area contributed by atoms with E-state index in [0.717, 1.165) is 30.2 Å². The summed E-state index contributed by atoms with van der Waals surface area (Å²) in [5.41, 5.74) is 3.49. The Morgan fingerprint density at radius 1 is 1.25 bits per heavy atom. The molecule has 1 saturated carbocycles. The van der Waals surface area contributed by atoms with Gasteiger partial charge in [0.1, 0.15) is 5.82 Å². The predicted octanol–water partition coefficient (Wildman–Crippen LogP) is 4.04. The van der Waals surface area contributed by atoms with Crippen LogP contribution in [-0.4, -0.2) is 28.7 Å². The number of hydrogen-bond donors (Lipinski definition) is 0. The zero-order valence-electron chi connectivity index (χ0n) is 15.3. The molecule has 1 aliphatic rings. The van der Waals surface area contributed by atoms with Gasteiger partial charge in [-0.1, -0.05) is 6.92 Å². The van der Waals surface area contributed by atoms with Crippen LogP contribution in [0.2, 0.25) is 0 Å². The van der Waals surface area contributed by atoms with Gasteiger partial charge in [0.15, 0.2) is 5.65 Å². The first kappa shape index (κ1) is 16.8. The van der Waals surface area contributed by atoms with Gasteiger partial charge in [-0.05, 0) is 44.9 Å². The second kappa shape index (κ2) is 7.25. The molecule has 1 aliphatic carbocycles. The third-order valence-electron chi connectivity index (χ3n) is 5.22. The van der Waals surface area contributed by atoms with Crippen LogP contribution in [0.5, 0.6) is 0 Å². The van der Waals surface area contributed by atoms with E-state index in [-0.39, 0.29) is 0 Å². The molecule has 0 atom stereocenters. The van der Waals surface area contributed by atoms with Gasteiger partial charge in [0.2, 0.25) is 0 Å². The van der Waals surface area contributed by atoms with Crippen LogP contribution in [0.15, 0.2) is 12.3 Å². The summed E-state index contributed by atoms with van der Waals surface area (Å²) in [4.78, 5) is 7.14. The van der Waals surface area contributed by atoms with E-state index in [4.69, 9.17) is 4.98 Å². The number of hydrogen-bond acceptors (Lipinski definition) is 3. The smallest absolute Gasteiger partial charge is 0.160 e. The van der Waals surface area contributed by atoms with E-state index in [1.807, 2.05) is 17.6 Å². The van der Waals surface area contributed by atoms with Crippen molar-refractivity contribution in [1.29, 1.82) is 0 Å². The maximum absolute atomic E-state index is 5.01. The highest BCUT2D eigenvalue weighted by atomic mass is 15.3. The first-order valence-electron chi connectivity index (χ1n) is 9.08. The molecular weight excluding hydrogens is 296 g/mol. The number of aromatic nitrogens is 3. The first-order chi connectivity index (χ1) is 11.6. The molecule has 0 aliphatic heterocycles. The van der Waals surface area contributed by atoms with Crippen molar-refractivity contribution in [2.45, 2.75) is 58.3 Å². The van der Waals surface area contributed by atoms with Crippen LogP contribution in [-0.2, 0) is 6.42 Å². The van der Waals surface area contributed by atoms with Gasteiger partial charge in [-0.25, -0.2) is 4.98 Å². The zero-order chi connectivity index (χ0) is 17.1. The summed E-state index contributed by atoms with van der Waals surface area (Å²) in [7, 11) is 4.15. The molecule has 0 amide bonds. The minimum absolute atomic E-state index is 0.569. The van der Waals surface area contributed by atoms with Crippen LogP contribution in [0.3, 0.4) is 0 Å². The Bertz CT molecular complexity index is 755. The Hall–Kier alpha value is -2.02. The van der Waals surface area contributed by atoms with Crippen LogP contribution in [0.1, 0.15) is 63.1 Å². The SMILES string of the molecule is CC#CCC1CCC(c2cc(N(C)C)n3ncc(CC)c3n2)CC1. The number of fused-ring (bicyclic) bond motifs is 1. The molecule has 0 radical (unpaired) electrons. The van der Waals surface area contributed by atoms with Crippen LogP contribution >= 0.6 is 0 Å². The van der Waals surface area contributed by atoms with Crippen molar-refractivity contribution in [3.63, 3.8) is 0 Å². The fraction of sp³-hybridized carbons (Fsp3) is 0.600. The number of aryl methyl sites for hydroxylation is 1. The van der Waals surface area contributed by atoms with E-state index in [0.29, 0.717) is 5.92 Å². The predicted molar refractivity (Wildman–Crippen MR) is 99.5 cm³/mol. The first-order valence-corrected chi connectivity index (χ1v) is 9.08. The van der Waals surface area contributed by atoms with E-state index in [9.17, 15) is 0 Å². The molecular formula is C20H28N4. The normalized spacial score (nSPS) is 20.7. The third-order valence-corrected chi connectivity index (χ3v) is 5.22. The van der Waals surface area contributed by atoms with E-state index >= 15 is 0 Å². The molecule has 0 N–H and O–H groups in total. The van der Waals surface area contributed by atoms with Gasteiger partial charge in [0.25, 0.3) is 0 Å². The highest BCUT2D eigenvalue weighted by Crippen LogP contribution is 2.37. The minimum Gasteiger partial charge on any atom is -0.363 e. The largest absolute Gasteiger partial charge is 0.363 e. The molecule has 0 unspecified atom stereocenters. The maximum atomic E-state index is 5.01. The van der Waals surface area contributed by atoms with Gasteiger partial charge in [0, 0.05) is 43.8 Å². The Balaban J connectivity index is 1.88. The molecule has 2 aromatic heterocycles. The molecule has 3 rings (SSSR count). The van der Waals surface area contributed by atoms with Crippen LogP contribution in [0.25, 0.3) is 5.65 Å². The molecule has 0 spiro atoms. The number of rotatable bonds is 4. The van der Waals surface area contributed by atoms with Crippen molar-refractivity contribution in [2.24, 2.45) is 5.92 Å².